The summed E-state index contributed by atoms with van der Waals surface area (Å²) < 4.78 is 5.24. The molecule has 0 spiro atoms. The first-order chi connectivity index (χ1) is 14.8. The number of hydrazone groups is 1. The molecule has 0 aliphatic heterocycles. The second kappa shape index (κ2) is 9.64. The first-order valence-electron chi connectivity index (χ1n) is 9.00. The highest BCUT2D eigenvalue weighted by atomic mass is 35.5. The van der Waals surface area contributed by atoms with Crippen molar-refractivity contribution < 1.29 is 19.2 Å². The lowest BCUT2D eigenvalue weighted by molar-refractivity contribution is -0.384. The molecule has 0 saturated heterocycles. The van der Waals surface area contributed by atoms with E-state index in [4.69, 9.17) is 16.3 Å². The highest BCUT2D eigenvalue weighted by Gasteiger charge is 2.12. The van der Waals surface area contributed by atoms with Crippen molar-refractivity contribution >= 4 is 35.4 Å². The molecule has 0 unspecified atom stereocenters. The van der Waals surface area contributed by atoms with Crippen LogP contribution in [0.25, 0.3) is 0 Å². The summed E-state index contributed by atoms with van der Waals surface area (Å²) in [5, 5.41) is 14.9. The number of esters is 1. The molecule has 0 fully saturated rings. The van der Waals surface area contributed by atoms with Crippen LogP contribution in [-0.2, 0) is 0 Å². The zero-order valence-corrected chi connectivity index (χ0v) is 17.0. The maximum Gasteiger partial charge on any atom is 0.343 e. The fourth-order valence-electron chi connectivity index (χ4n) is 2.54. The third-order valence-electron chi connectivity index (χ3n) is 4.15. The molecular weight excluding hydrogens is 422 g/mol. The van der Waals surface area contributed by atoms with Gasteiger partial charge in [0.1, 0.15) is 5.75 Å². The number of carbonyl (C=O) groups excluding carboxylic acids is 2. The quantitative estimate of drug-likeness (QED) is 0.200. The van der Waals surface area contributed by atoms with Crippen LogP contribution in [0, 0.1) is 17.0 Å². The summed E-state index contributed by atoms with van der Waals surface area (Å²) >= 11 is 6.06. The SMILES string of the molecule is Cc1ccc(C(=O)N/N=C\c2ccc(OC(=O)c3ccc([N+](=O)[O-])cc3)cc2)c(Cl)c1. The summed E-state index contributed by atoms with van der Waals surface area (Å²) in [6.45, 7) is 1.87. The molecule has 9 heteroatoms. The Hall–Kier alpha value is -4.04. The molecule has 0 aliphatic rings. The van der Waals surface area contributed by atoms with Crippen molar-refractivity contribution in [2.75, 3.05) is 0 Å². The van der Waals surface area contributed by atoms with Crippen LogP contribution in [-0.4, -0.2) is 23.0 Å². The smallest absolute Gasteiger partial charge is 0.343 e. The molecule has 31 heavy (non-hydrogen) atoms. The molecule has 0 atom stereocenters. The van der Waals surface area contributed by atoms with Crippen LogP contribution in [0.3, 0.4) is 0 Å². The number of hydrogen-bond acceptors (Lipinski definition) is 6. The van der Waals surface area contributed by atoms with Crippen LogP contribution < -0.4 is 10.2 Å². The third-order valence-corrected chi connectivity index (χ3v) is 4.47. The van der Waals surface area contributed by atoms with Gasteiger partial charge in [0.2, 0.25) is 0 Å². The topological polar surface area (TPSA) is 111 Å². The molecule has 156 valence electrons. The van der Waals surface area contributed by atoms with Crippen molar-refractivity contribution in [3.8, 4) is 5.75 Å². The lowest BCUT2D eigenvalue weighted by Crippen LogP contribution is -2.18. The Kier molecular flexibility index (Phi) is 6.74. The van der Waals surface area contributed by atoms with E-state index in [9.17, 15) is 19.7 Å². The van der Waals surface area contributed by atoms with E-state index in [1.165, 1.54) is 30.5 Å². The van der Waals surface area contributed by atoms with E-state index in [0.29, 0.717) is 16.1 Å². The van der Waals surface area contributed by atoms with Crippen molar-refractivity contribution in [1.82, 2.24) is 5.43 Å². The number of nitrogens with zero attached hydrogens (tertiary/aromatic N) is 2. The standard InChI is InChI=1S/C22H16ClN3O5/c1-14-2-11-19(20(23)12-14)21(27)25-24-13-15-3-9-18(10-4-15)31-22(28)16-5-7-17(8-6-16)26(29)30/h2-13H,1H3,(H,25,27)/b24-13-. The molecule has 0 bridgehead atoms. The van der Waals surface area contributed by atoms with Gasteiger partial charge in [-0.25, -0.2) is 10.2 Å². The second-order valence-electron chi connectivity index (χ2n) is 6.44. The Bertz CT molecular complexity index is 1160. The normalized spacial score (nSPS) is 10.6. The maximum atomic E-state index is 12.1. The predicted molar refractivity (Wildman–Crippen MR) is 116 cm³/mol. The van der Waals surface area contributed by atoms with Crippen molar-refractivity contribution in [3.05, 3.63) is 104 Å². The fourth-order valence-corrected chi connectivity index (χ4v) is 2.86. The molecule has 1 amide bonds. The zero-order valence-electron chi connectivity index (χ0n) is 16.2. The zero-order chi connectivity index (χ0) is 22.4. The van der Waals surface area contributed by atoms with Gasteiger partial charge in [-0.1, -0.05) is 17.7 Å². The van der Waals surface area contributed by atoms with E-state index >= 15 is 0 Å². The molecule has 3 rings (SSSR count). The van der Waals surface area contributed by atoms with Gasteiger partial charge in [-0.05, 0) is 66.6 Å². The molecule has 0 radical (unpaired) electrons. The average molecular weight is 438 g/mol. The van der Waals surface area contributed by atoms with E-state index in [0.717, 1.165) is 5.56 Å². The molecule has 1 N–H and O–H groups in total. The summed E-state index contributed by atoms with van der Waals surface area (Å²) in [5.41, 5.74) is 4.40. The molecule has 0 heterocycles. The van der Waals surface area contributed by atoms with Crippen LogP contribution in [0.2, 0.25) is 5.02 Å². The van der Waals surface area contributed by atoms with Gasteiger partial charge in [-0.2, -0.15) is 5.10 Å². The Balaban J connectivity index is 1.57. The monoisotopic (exact) mass is 437 g/mol. The Morgan fingerprint density at radius 2 is 1.74 bits per heavy atom. The lowest BCUT2D eigenvalue weighted by Gasteiger charge is -2.05. The number of ether oxygens (including phenoxy) is 1. The number of hydrogen-bond donors (Lipinski definition) is 1. The number of benzene rings is 3. The minimum Gasteiger partial charge on any atom is -0.423 e. The first-order valence-corrected chi connectivity index (χ1v) is 9.37. The van der Waals surface area contributed by atoms with Crippen LogP contribution in [0.15, 0.2) is 71.8 Å². The fraction of sp³-hybridized carbons (Fsp3) is 0.0455. The van der Waals surface area contributed by atoms with Gasteiger partial charge in [0.15, 0.2) is 0 Å². The Morgan fingerprint density at radius 3 is 2.35 bits per heavy atom. The molecular formula is C22H16ClN3O5. The number of halogens is 1. The highest BCUT2D eigenvalue weighted by Crippen LogP contribution is 2.18. The van der Waals surface area contributed by atoms with Crippen molar-refractivity contribution in [1.29, 1.82) is 0 Å². The summed E-state index contributed by atoms with van der Waals surface area (Å²) in [6.07, 6.45) is 1.43. The molecule has 0 saturated carbocycles. The number of amides is 1. The largest absolute Gasteiger partial charge is 0.423 e. The number of nitro groups is 1. The Morgan fingerprint density at radius 1 is 1.06 bits per heavy atom. The van der Waals surface area contributed by atoms with Gasteiger partial charge in [0, 0.05) is 12.1 Å². The lowest BCUT2D eigenvalue weighted by atomic mass is 10.1. The van der Waals surface area contributed by atoms with E-state index in [1.54, 1.807) is 42.5 Å². The highest BCUT2D eigenvalue weighted by molar-refractivity contribution is 6.33. The van der Waals surface area contributed by atoms with Gasteiger partial charge in [-0.15, -0.1) is 0 Å². The van der Waals surface area contributed by atoms with Crippen molar-refractivity contribution in [3.63, 3.8) is 0 Å². The molecule has 8 nitrogen and oxygen atoms in total. The van der Waals surface area contributed by atoms with Crippen molar-refractivity contribution in [2.24, 2.45) is 5.10 Å². The van der Waals surface area contributed by atoms with Crippen LogP contribution in [0.4, 0.5) is 5.69 Å². The number of rotatable bonds is 6. The average Bonchev–Trinajstić information content (AvgIpc) is 2.75. The van der Waals surface area contributed by atoms with Gasteiger partial charge >= 0.3 is 5.97 Å². The molecule has 0 aromatic heterocycles. The summed E-state index contributed by atoms with van der Waals surface area (Å²) in [4.78, 5) is 34.4. The number of nitro benzene ring substituents is 1. The van der Waals surface area contributed by atoms with Crippen LogP contribution in [0.5, 0.6) is 5.75 Å². The Labute approximate surface area is 182 Å². The van der Waals surface area contributed by atoms with E-state index < -0.39 is 16.8 Å². The van der Waals surface area contributed by atoms with Gasteiger partial charge in [0.05, 0.1) is 27.3 Å². The van der Waals surface area contributed by atoms with E-state index in [1.807, 2.05) is 6.92 Å². The maximum absolute atomic E-state index is 12.1. The number of nitrogens with one attached hydrogen (secondary N) is 1. The van der Waals surface area contributed by atoms with Crippen LogP contribution in [0.1, 0.15) is 31.8 Å². The number of carbonyl (C=O) groups is 2. The molecule has 3 aromatic carbocycles. The van der Waals surface area contributed by atoms with Crippen molar-refractivity contribution in [2.45, 2.75) is 6.92 Å². The first kappa shape index (κ1) is 21.7. The minimum absolute atomic E-state index is 0.114. The van der Waals surface area contributed by atoms with Gasteiger partial charge in [0.25, 0.3) is 11.6 Å². The number of non-ortho nitro benzene ring substituents is 1. The summed E-state index contributed by atoms with van der Waals surface area (Å²) in [7, 11) is 0. The molecule has 0 aliphatic carbocycles. The molecule has 3 aromatic rings. The van der Waals surface area contributed by atoms with E-state index in [-0.39, 0.29) is 17.0 Å². The predicted octanol–water partition coefficient (Wildman–Crippen LogP) is 4.54. The summed E-state index contributed by atoms with van der Waals surface area (Å²) in [6, 6.07) is 16.6. The number of aryl methyl sites for hydroxylation is 1. The van der Waals surface area contributed by atoms with Crippen LogP contribution >= 0.6 is 11.6 Å². The third kappa shape index (κ3) is 5.74. The van der Waals surface area contributed by atoms with E-state index in [2.05, 4.69) is 10.5 Å². The van der Waals surface area contributed by atoms with Gasteiger partial charge in [-0.3, -0.25) is 14.9 Å². The second-order valence-corrected chi connectivity index (χ2v) is 6.85. The summed E-state index contributed by atoms with van der Waals surface area (Å²) in [5.74, 6) is -0.788. The minimum atomic E-state index is -0.640. The van der Waals surface area contributed by atoms with Gasteiger partial charge < -0.3 is 4.74 Å².